The van der Waals surface area contributed by atoms with E-state index >= 15 is 0 Å². The molecule has 0 amide bonds. The zero-order chi connectivity index (χ0) is 13.8. The molecule has 0 aliphatic carbocycles. The van der Waals surface area contributed by atoms with Crippen LogP contribution in [-0.2, 0) is 16.1 Å². The Labute approximate surface area is 114 Å². The van der Waals surface area contributed by atoms with Gasteiger partial charge in [-0.25, -0.2) is 0 Å². The smallest absolute Gasteiger partial charge is 0.312 e. The Morgan fingerprint density at radius 1 is 1.53 bits per heavy atom. The van der Waals surface area contributed by atoms with E-state index in [1.807, 2.05) is 31.2 Å². The fourth-order valence-corrected chi connectivity index (χ4v) is 2.58. The lowest BCUT2D eigenvalue weighted by Gasteiger charge is -2.36. The first-order valence-corrected chi connectivity index (χ1v) is 6.75. The number of nitrogens with zero attached hydrogens (tertiary/aromatic N) is 1. The van der Waals surface area contributed by atoms with Crippen molar-refractivity contribution in [2.75, 3.05) is 19.8 Å². The highest BCUT2D eigenvalue weighted by Crippen LogP contribution is 2.29. The van der Waals surface area contributed by atoms with E-state index < -0.39 is 11.9 Å². The molecule has 1 aliphatic rings. The molecule has 19 heavy (non-hydrogen) atoms. The third-order valence-corrected chi connectivity index (χ3v) is 3.71. The highest BCUT2D eigenvalue weighted by Gasteiger charge is 2.31. The van der Waals surface area contributed by atoms with Crippen LogP contribution in [0.4, 0.5) is 0 Å². The summed E-state index contributed by atoms with van der Waals surface area (Å²) in [4.78, 5) is 13.6. The van der Waals surface area contributed by atoms with E-state index in [4.69, 9.17) is 4.74 Å². The van der Waals surface area contributed by atoms with Crippen molar-refractivity contribution >= 4 is 5.97 Å². The van der Waals surface area contributed by atoms with Gasteiger partial charge in [-0.3, -0.25) is 9.69 Å². The van der Waals surface area contributed by atoms with Gasteiger partial charge in [-0.1, -0.05) is 24.3 Å². The molecule has 0 radical (unpaired) electrons. The van der Waals surface area contributed by atoms with Crippen LogP contribution in [0.15, 0.2) is 24.3 Å². The van der Waals surface area contributed by atoms with Crippen LogP contribution in [0, 0.1) is 0 Å². The van der Waals surface area contributed by atoms with Gasteiger partial charge in [0.2, 0.25) is 0 Å². The van der Waals surface area contributed by atoms with Crippen molar-refractivity contribution in [2.24, 2.45) is 0 Å². The molecule has 2 rings (SSSR count). The van der Waals surface area contributed by atoms with Crippen molar-refractivity contribution in [1.82, 2.24) is 4.90 Å². The molecule has 0 saturated carbocycles. The quantitative estimate of drug-likeness (QED) is 0.884. The summed E-state index contributed by atoms with van der Waals surface area (Å²) >= 11 is 0. The van der Waals surface area contributed by atoms with Crippen LogP contribution < -0.4 is 0 Å². The molecule has 0 bridgehead atoms. The van der Waals surface area contributed by atoms with E-state index in [-0.39, 0.29) is 6.04 Å². The fraction of sp³-hybridized carbons (Fsp3) is 0.533. The minimum atomic E-state index is -0.749. The van der Waals surface area contributed by atoms with Crippen molar-refractivity contribution in [3.8, 4) is 0 Å². The summed E-state index contributed by atoms with van der Waals surface area (Å²) < 4.78 is 5.44. The predicted molar refractivity (Wildman–Crippen MR) is 73.2 cm³/mol. The van der Waals surface area contributed by atoms with Crippen LogP contribution in [0.2, 0.25) is 0 Å². The van der Waals surface area contributed by atoms with E-state index in [0.717, 1.165) is 17.7 Å². The number of carboxylic acid groups (broad SMARTS) is 1. The second-order valence-electron chi connectivity index (χ2n) is 5.03. The number of benzene rings is 1. The molecule has 4 nitrogen and oxygen atoms in total. The Hall–Kier alpha value is -1.39. The molecule has 0 saturated heterocycles. The second-order valence-corrected chi connectivity index (χ2v) is 5.03. The number of carboxylic acids is 1. The molecule has 2 unspecified atom stereocenters. The van der Waals surface area contributed by atoms with Gasteiger partial charge in [0.1, 0.15) is 0 Å². The molecule has 0 spiro atoms. The first-order valence-electron chi connectivity index (χ1n) is 6.75. The number of hydrogen-bond acceptors (Lipinski definition) is 3. The Balaban J connectivity index is 2.18. The minimum Gasteiger partial charge on any atom is -0.481 e. The van der Waals surface area contributed by atoms with Crippen molar-refractivity contribution < 1.29 is 14.6 Å². The third kappa shape index (κ3) is 3.14. The number of aliphatic carboxylic acids is 1. The number of hydrogen-bond donors (Lipinski definition) is 1. The van der Waals surface area contributed by atoms with Gasteiger partial charge in [0, 0.05) is 25.7 Å². The molecule has 4 heteroatoms. The molecule has 1 heterocycles. The molecule has 0 fully saturated rings. The summed E-state index contributed by atoms with van der Waals surface area (Å²) in [6.07, 6.45) is 0. The number of ether oxygens (including phenoxy) is 1. The van der Waals surface area contributed by atoms with Gasteiger partial charge in [-0.2, -0.15) is 0 Å². The normalized spacial score (nSPS) is 20.8. The Morgan fingerprint density at radius 2 is 2.26 bits per heavy atom. The Morgan fingerprint density at radius 3 is 2.95 bits per heavy atom. The van der Waals surface area contributed by atoms with Crippen molar-refractivity contribution in [1.29, 1.82) is 0 Å². The Bertz CT molecular complexity index is 447. The summed E-state index contributed by atoms with van der Waals surface area (Å²) in [5, 5.41) is 9.40. The highest BCUT2D eigenvalue weighted by atomic mass is 16.5. The van der Waals surface area contributed by atoms with Crippen molar-refractivity contribution in [3.05, 3.63) is 35.4 Å². The highest BCUT2D eigenvalue weighted by molar-refractivity contribution is 5.77. The lowest BCUT2D eigenvalue weighted by molar-refractivity contribution is -0.140. The first-order chi connectivity index (χ1) is 9.13. The maximum atomic E-state index is 11.4. The molecule has 2 atom stereocenters. The fourth-order valence-electron chi connectivity index (χ4n) is 2.58. The van der Waals surface area contributed by atoms with Gasteiger partial charge < -0.3 is 9.84 Å². The molecule has 1 N–H and O–H groups in total. The maximum absolute atomic E-state index is 11.4. The monoisotopic (exact) mass is 263 g/mol. The van der Waals surface area contributed by atoms with Crippen LogP contribution in [0.25, 0.3) is 0 Å². The van der Waals surface area contributed by atoms with Gasteiger partial charge in [0.15, 0.2) is 0 Å². The topological polar surface area (TPSA) is 49.8 Å². The van der Waals surface area contributed by atoms with Crippen LogP contribution in [0.5, 0.6) is 0 Å². The standard InChI is InChI=1S/C15H21NO3/c1-3-19-10-11(2)16-8-12-6-4-5-7-13(12)14(9-16)15(17)18/h4-7,11,14H,3,8-10H2,1-2H3,(H,17,18). The summed E-state index contributed by atoms with van der Waals surface area (Å²) in [5.74, 6) is -1.19. The zero-order valence-electron chi connectivity index (χ0n) is 11.5. The van der Waals surface area contributed by atoms with Gasteiger partial charge in [-0.05, 0) is 25.0 Å². The summed E-state index contributed by atoms with van der Waals surface area (Å²) in [6, 6.07) is 8.06. The summed E-state index contributed by atoms with van der Waals surface area (Å²) in [5.41, 5.74) is 2.07. The molecule has 0 aromatic heterocycles. The molecular formula is C15H21NO3. The van der Waals surface area contributed by atoms with Gasteiger partial charge >= 0.3 is 5.97 Å². The number of rotatable bonds is 5. The van der Waals surface area contributed by atoms with E-state index in [1.54, 1.807) is 0 Å². The second kappa shape index (κ2) is 6.17. The Kier molecular flexibility index (Phi) is 4.56. The summed E-state index contributed by atoms with van der Waals surface area (Å²) in [7, 11) is 0. The van der Waals surface area contributed by atoms with Crippen LogP contribution in [0.1, 0.15) is 30.9 Å². The van der Waals surface area contributed by atoms with E-state index in [2.05, 4.69) is 11.8 Å². The SMILES string of the molecule is CCOCC(C)N1Cc2ccccc2C(C(=O)O)C1. The van der Waals surface area contributed by atoms with Crippen LogP contribution >= 0.6 is 0 Å². The average molecular weight is 263 g/mol. The first kappa shape index (κ1) is 14.0. The van der Waals surface area contributed by atoms with E-state index in [0.29, 0.717) is 19.8 Å². The van der Waals surface area contributed by atoms with Crippen LogP contribution in [0.3, 0.4) is 0 Å². The van der Waals surface area contributed by atoms with Gasteiger partial charge in [-0.15, -0.1) is 0 Å². The third-order valence-electron chi connectivity index (χ3n) is 3.71. The lowest BCUT2D eigenvalue weighted by atomic mass is 9.89. The number of carbonyl (C=O) groups is 1. The minimum absolute atomic E-state index is 0.232. The van der Waals surface area contributed by atoms with Crippen molar-refractivity contribution in [3.63, 3.8) is 0 Å². The molecule has 1 aliphatic heterocycles. The summed E-state index contributed by atoms with van der Waals surface area (Å²) in [6.45, 7) is 6.75. The molecule has 1 aromatic rings. The average Bonchev–Trinajstić information content (AvgIpc) is 2.43. The molecule has 1 aromatic carbocycles. The predicted octanol–water partition coefficient (Wildman–Crippen LogP) is 2.10. The largest absolute Gasteiger partial charge is 0.481 e. The van der Waals surface area contributed by atoms with Crippen molar-refractivity contribution in [2.45, 2.75) is 32.4 Å². The van der Waals surface area contributed by atoms with Gasteiger partial charge in [0.25, 0.3) is 0 Å². The molecular weight excluding hydrogens is 242 g/mol. The number of fused-ring (bicyclic) bond motifs is 1. The van der Waals surface area contributed by atoms with E-state index in [1.165, 1.54) is 0 Å². The maximum Gasteiger partial charge on any atom is 0.312 e. The van der Waals surface area contributed by atoms with E-state index in [9.17, 15) is 9.90 Å². The van der Waals surface area contributed by atoms with Gasteiger partial charge in [0.05, 0.1) is 12.5 Å². The lowest BCUT2D eigenvalue weighted by Crippen LogP contribution is -2.43. The van der Waals surface area contributed by atoms with Crippen LogP contribution in [-0.4, -0.2) is 41.8 Å². The zero-order valence-corrected chi connectivity index (χ0v) is 11.5. The molecule has 104 valence electrons.